The third-order valence-electron chi connectivity index (χ3n) is 3.08. The lowest BCUT2D eigenvalue weighted by atomic mass is 10.0. The van der Waals surface area contributed by atoms with Gasteiger partial charge in [0.2, 0.25) is 0 Å². The van der Waals surface area contributed by atoms with Crippen LogP contribution in [0.5, 0.6) is 0 Å². The molecule has 102 valence electrons. The van der Waals surface area contributed by atoms with Crippen LogP contribution < -0.4 is 5.73 Å². The van der Waals surface area contributed by atoms with Crippen LogP contribution >= 0.6 is 11.6 Å². The van der Waals surface area contributed by atoms with Crippen LogP contribution in [0.4, 0.5) is 4.39 Å². The number of aryl methyl sites for hydroxylation is 2. The predicted octanol–water partition coefficient (Wildman–Crippen LogP) is 2.72. The minimum atomic E-state index is -0.360. The van der Waals surface area contributed by atoms with E-state index in [9.17, 15) is 4.39 Å². The second-order valence-electron chi connectivity index (χ2n) is 4.74. The Bertz CT molecular complexity index is 553. The molecule has 19 heavy (non-hydrogen) atoms. The first-order chi connectivity index (χ1) is 9.06. The van der Waals surface area contributed by atoms with Crippen molar-refractivity contribution in [3.63, 3.8) is 0 Å². The molecule has 0 aliphatic rings. The highest BCUT2D eigenvalue weighted by Gasteiger charge is 2.11. The molecule has 1 unspecified atom stereocenters. The fraction of sp³-hybridized carbons (Fsp3) is 0.357. The van der Waals surface area contributed by atoms with Crippen LogP contribution in [0, 0.1) is 5.82 Å². The van der Waals surface area contributed by atoms with Gasteiger partial charge in [0.1, 0.15) is 5.82 Å². The average molecular weight is 282 g/mol. The Morgan fingerprint density at radius 2 is 2.26 bits per heavy atom. The van der Waals surface area contributed by atoms with Gasteiger partial charge in [-0.1, -0.05) is 23.7 Å². The fourth-order valence-corrected chi connectivity index (χ4v) is 2.24. The van der Waals surface area contributed by atoms with E-state index in [1.165, 1.54) is 0 Å². The number of aromatic nitrogens is 2. The molecule has 3 nitrogen and oxygen atoms in total. The van der Waals surface area contributed by atoms with Crippen LogP contribution in [0.3, 0.4) is 0 Å². The van der Waals surface area contributed by atoms with Gasteiger partial charge < -0.3 is 5.73 Å². The topological polar surface area (TPSA) is 43.8 Å². The molecule has 2 rings (SSSR count). The highest BCUT2D eigenvalue weighted by molar-refractivity contribution is 6.30. The molecule has 5 heteroatoms. The fourth-order valence-electron chi connectivity index (χ4n) is 2.04. The normalized spacial score (nSPS) is 12.6. The van der Waals surface area contributed by atoms with Gasteiger partial charge in [-0.25, -0.2) is 4.39 Å². The van der Waals surface area contributed by atoms with E-state index in [1.54, 1.807) is 22.9 Å². The van der Waals surface area contributed by atoms with Crippen molar-refractivity contribution in [2.45, 2.75) is 25.3 Å². The minimum absolute atomic E-state index is 0.0897. The van der Waals surface area contributed by atoms with Crippen molar-refractivity contribution >= 4 is 11.6 Å². The summed E-state index contributed by atoms with van der Waals surface area (Å²) < 4.78 is 15.5. The quantitative estimate of drug-likeness (QED) is 0.916. The summed E-state index contributed by atoms with van der Waals surface area (Å²) in [6.07, 6.45) is 5.92. The molecule has 1 aromatic heterocycles. The highest BCUT2D eigenvalue weighted by atomic mass is 35.5. The summed E-state index contributed by atoms with van der Waals surface area (Å²) in [5.74, 6) is -0.360. The molecular formula is C14H17ClFN3. The maximum absolute atomic E-state index is 13.7. The molecule has 1 heterocycles. The van der Waals surface area contributed by atoms with Crippen molar-refractivity contribution in [2.24, 2.45) is 12.8 Å². The molecule has 0 aliphatic heterocycles. The molecule has 2 aromatic rings. The van der Waals surface area contributed by atoms with Gasteiger partial charge in [-0.15, -0.1) is 0 Å². The van der Waals surface area contributed by atoms with E-state index in [0.29, 0.717) is 12.0 Å². The molecule has 1 atom stereocenters. The zero-order valence-corrected chi connectivity index (χ0v) is 11.6. The highest BCUT2D eigenvalue weighted by Crippen LogP contribution is 2.19. The van der Waals surface area contributed by atoms with Crippen LogP contribution in [0.15, 0.2) is 30.6 Å². The Morgan fingerprint density at radius 3 is 2.95 bits per heavy atom. The number of hydrogen-bond donors (Lipinski definition) is 1. The molecule has 0 radical (unpaired) electrons. The van der Waals surface area contributed by atoms with Crippen molar-refractivity contribution in [1.82, 2.24) is 9.78 Å². The lowest BCUT2D eigenvalue weighted by Crippen LogP contribution is -2.24. The summed E-state index contributed by atoms with van der Waals surface area (Å²) in [6.45, 7) is 0. The first-order valence-corrected chi connectivity index (χ1v) is 6.60. The number of hydrogen-bond acceptors (Lipinski definition) is 2. The van der Waals surface area contributed by atoms with Crippen LogP contribution in [0.2, 0.25) is 5.02 Å². The van der Waals surface area contributed by atoms with Gasteiger partial charge in [0.05, 0.1) is 11.2 Å². The van der Waals surface area contributed by atoms with Crippen molar-refractivity contribution in [3.8, 4) is 0 Å². The Morgan fingerprint density at radius 1 is 1.47 bits per heavy atom. The minimum Gasteiger partial charge on any atom is -0.327 e. The van der Waals surface area contributed by atoms with Crippen molar-refractivity contribution in [2.75, 3.05) is 0 Å². The van der Waals surface area contributed by atoms with E-state index in [1.807, 2.05) is 19.4 Å². The van der Waals surface area contributed by atoms with Gasteiger partial charge in [-0.2, -0.15) is 5.10 Å². The molecule has 0 amide bonds. The number of benzene rings is 1. The predicted molar refractivity (Wildman–Crippen MR) is 74.6 cm³/mol. The number of nitrogens with two attached hydrogens (primary N) is 1. The Balaban J connectivity index is 1.90. The summed E-state index contributed by atoms with van der Waals surface area (Å²) in [5, 5.41) is 4.25. The van der Waals surface area contributed by atoms with Crippen molar-refractivity contribution in [1.29, 1.82) is 0 Å². The summed E-state index contributed by atoms with van der Waals surface area (Å²) in [4.78, 5) is 0. The van der Waals surface area contributed by atoms with Gasteiger partial charge in [-0.3, -0.25) is 4.68 Å². The summed E-state index contributed by atoms with van der Waals surface area (Å²) in [7, 11) is 1.88. The largest absolute Gasteiger partial charge is 0.327 e. The molecule has 0 saturated carbocycles. The lowest BCUT2D eigenvalue weighted by molar-refractivity contribution is 0.566. The summed E-state index contributed by atoms with van der Waals surface area (Å²) >= 11 is 5.75. The number of rotatable bonds is 5. The van der Waals surface area contributed by atoms with E-state index in [-0.39, 0.29) is 16.9 Å². The second kappa shape index (κ2) is 6.17. The van der Waals surface area contributed by atoms with Crippen LogP contribution in [0.25, 0.3) is 0 Å². The molecule has 0 fully saturated rings. The van der Waals surface area contributed by atoms with E-state index >= 15 is 0 Å². The molecule has 0 saturated heterocycles. The zero-order chi connectivity index (χ0) is 13.8. The van der Waals surface area contributed by atoms with E-state index in [2.05, 4.69) is 5.10 Å². The third-order valence-corrected chi connectivity index (χ3v) is 3.37. The summed E-state index contributed by atoms with van der Waals surface area (Å²) in [5.41, 5.74) is 7.76. The smallest absolute Gasteiger partial charge is 0.145 e. The summed E-state index contributed by atoms with van der Waals surface area (Å²) in [6, 6.07) is 4.93. The maximum Gasteiger partial charge on any atom is 0.145 e. The van der Waals surface area contributed by atoms with Gasteiger partial charge in [0.25, 0.3) is 0 Å². The maximum atomic E-state index is 13.7. The van der Waals surface area contributed by atoms with E-state index < -0.39 is 0 Å². The average Bonchev–Trinajstić information content (AvgIpc) is 2.78. The molecule has 0 aliphatic carbocycles. The SMILES string of the molecule is Cn1cc(CCC(N)Cc2cccc(Cl)c2F)cn1. The zero-order valence-electron chi connectivity index (χ0n) is 10.8. The van der Waals surface area contributed by atoms with Crippen LogP contribution in [-0.4, -0.2) is 15.8 Å². The van der Waals surface area contributed by atoms with E-state index in [4.69, 9.17) is 17.3 Å². The van der Waals surface area contributed by atoms with Crippen molar-refractivity contribution in [3.05, 3.63) is 52.6 Å². The van der Waals surface area contributed by atoms with E-state index in [0.717, 1.165) is 18.4 Å². The second-order valence-corrected chi connectivity index (χ2v) is 5.15. The standard InChI is InChI=1S/C14H17ClFN3/c1-19-9-10(8-18-19)5-6-12(17)7-11-3-2-4-13(15)14(11)16/h2-4,8-9,12H,5-7,17H2,1H3. The molecule has 2 N–H and O–H groups in total. The first-order valence-electron chi connectivity index (χ1n) is 6.22. The Hall–Kier alpha value is -1.39. The first kappa shape index (κ1) is 14.0. The Labute approximate surface area is 117 Å². The molecule has 0 spiro atoms. The van der Waals surface area contributed by atoms with Crippen LogP contribution in [0.1, 0.15) is 17.5 Å². The van der Waals surface area contributed by atoms with Crippen LogP contribution in [-0.2, 0) is 19.9 Å². The van der Waals surface area contributed by atoms with Gasteiger partial charge in [-0.05, 0) is 36.5 Å². The van der Waals surface area contributed by atoms with Gasteiger partial charge in [0.15, 0.2) is 0 Å². The third kappa shape index (κ3) is 3.78. The number of nitrogens with zero attached hydrogens (tertiary/aromatic N) is 2. The molecular weight excluding hydrogens is 265 g/mol. The monoisotopic (exact) mass is 281 g/mol. The van der Waals surface area contributed by atoms with Gasteiger partial charge >= 0.3 is 0 Å². The van der Waals surface area contributed by atoms with Crippen molar-refractivity contribution < 1.29 is 4.39 Å². The Kier molecular flexibility index (Phi) is 4.56. The van der Waals surface area contributed by atoms with Gasteiger partial charge in [0, 0.05) is 19.3 Å². The number of halogens is 2. The molecule has 0 bridgehead atoms. The lowest BCUT2D eigenvalue weighted by Gasteiger charge is -2.12. The molecule has 1 aromatic carbocycles.